The molecule has 0 unspecified atom stereocenters. The number of rotatable bonds is 5. The lowest BCUT2D eigenvalue weighted by Crippen LogP contribution is -2.12. The average molecular weight is 373 g/mol. The Morgan fingerprint density at radius 1 is 1.29 bits per heavy atom. The van der Waals surface area contributed by atoms with Crippen LogP contribution in [-0.4, -0.2) is 18.1 Å². The number of sulfonamides is 1. The maximum absolute atomic E-state index is 12.4. The number of hydrogen-bond donors (Lipinski definition) is 2. The highest BCUT2D eigenvalue weighted by atomic mass is 79.9. The number of anilines is 1. The Labute approximate surface area is 132 Å². The van der Waals surface area contributed by atoms with E-state index >= 15 is 0 Å². The Morgan fingerprint density at radius 2 is 2.00 bits per heavy atom. The van der Waals surface area contributed by atoms with Crippen molar-refractivity contribution < 1.29 is 13.5 Å². The molecule has 5 nitrogen and oxygen atoms in total. The molecular weight excluding hydrogens is 356 g/mol. The summed E-state index contributed by atoms with van der Waals surface area (Å²) in [6.45, 7) is 4.18. The molecular formula is C14H17BrN2O3S. The highest BCUT2D eigenvalue weighted by Gasteiger charge is 2.18. The summed E-state index contributed by atoms with van der Waals surface area (Å²) in [4.78, 5) is 0.144. The Kier molecular flexibility index (Phi) is 4.75. The van der Waals surface area contributed by atoms with Crippen LogP contribution in [0, 0.1) is 6.92 Å². The monoisotopic (exact) mass is 372 g/mol. The number of benzene rings is 1. The van der Waals surface area contributed by atoms with Crippen LogP contribution >= 0.6 is 15.9 Å². The molecule has 2 N–H and O–H groups in total. The molecule has 0 radical (unpaired) electrons. The molecule has 0 fully saturated rings. The fraction of sp³-hybridized carbons (Fsp3) is 0.286. The van der Waals surface area contributed by atoms with Gasteiger partial charge in [-0.2, -0.15) is 0 Å². The minimum Gasteiger partial charge on any atom is -0.390 e. The molecule has 0 saturated heterocycles. The minimum absolute atomic E-state index is 0.144. The van der Waals surface area contributed by atoms with Gasteiger partial charge in [-0.3, -0.25) is 4.72 Å². The molecule has 2 aromatic rings. The molecule has 1 aromatic heterocycles. The molecule has 1 heterocycles. The second-order valence-corrected chi connectivity index (χ2v) is 7.33. The first kappa shape index (κ1) is 16.1. The summed E-state index contributed by atoms with van der Waals surface area (Å²) in [5.41, 5.74) is 2.02. The van der Waals surface area contributed by atoms with Gasteiger partial charge in [-0.15, -0.1) is 0 Å². The van der Waals surface area contributed by atoms with Gasteiger partial charge in [0.05, 0.1) is 12.3 Å². The van der Waals surface area contributed by atoms with E-state index in [0.717, 1.165) is 10.0 Å². The van der Waals surface area contributed by atoms with Crippen molar-refractivity contribution in [1.29, 1.82) is 0 Å². The maximum Gasteiger partial charge on any atom is 0.263 e. The lowest BCUT2D eigenvalue weighted by molar-refractivity contribution is 0.271. The van der Waals surface area contributed by atoms with Crippen LogP contribution in [-0.2, 0) is 23.2 Å². The van der Waals surface area contributed by atoms with Gasteiger partial charge in [0.1, 0.15) is 4.90 Å². The highest BCUT2D eigenvalue weighted by molar-refractivity contribution is 9.10. The second-order valence-electron chi connectivity index (χ2n) is 4.73. The largest absolute Gasteiger partial charge is 0.390 e. The highest BCUT2D eigenvalue weighted by Crippen LogP contribution is 2.23. The van der Waals surface area contributed by atoms with Crippen LogP contribution in [0.25, 0.3) is 0 Å². The summed E-state index contributed by atoms with van der Waals surface area (Å²) in [7, 11) is -3.67. The number of aromatic nitrogens is 1. The minimum atomic E-state index is -3.67. The van der Waals surface area contributed by atoms with Gasteiger partial charge in [0.15, 0.2) is 0 Å². The van der Waals surface area contributed by atoms with E-state index in [1.165, 1.54) is 12.3 Å². The van der Waals surface area contributed by atoms with E-state index in [1.807, 2.05) is 19.9 Å². The van der Waals surface area contributed by atoms with E-state index in [4.69, 9.17) is 0 Å². The fourth-order valence-electron chi connectivity index (χ4n) is 2.11. The summed E-state index contributed by atoms with van der Waals surface area (Å²) < 4.78 is 29.9. The zero-order chi connectivity index (χ0) is 15.6. The van der Waals surface area contributed by atoms with Gasteiger partial charge in [0, 0.05) is 22.9 Å². The average Bonchev–Trinajstić information content (AvgIpc) is 2.80. The van der Waals surface area contributed by atoms with Crippen LogP contribution in [0.2, 0.25) is 0 Å². The molecule has 1 aromatic carbocycles. The van der Waals surface area contributed by atoms with Gasteiger partial charge >= 0.3 is 0 Å². The topological polar surface area (TPSA) is 71.3 Å². The summed E-state index contributed by atoms with van der Waals surface area (Å²) in [5, 5.41) is 9.25. The van der Waals surface area contributed by atoms with Gasteiger partial charge in [-0.1, -0.05) is 15.9 Å². The van der Waals surface area contributed by atoms with Crippen molar-refractivity contribution in [2.45, 2.75) is 31.9 Å². The summed E-state index contributed by atoms with van der Waals surface area (Å²) in [5.74, 6) is 0. The van der Waals surface area contributed by atoms with Gasteiger partial charge in [0.2, 0.25) is 0 Å². The van der Waals surface area contributed by atoms with Crippen LogP contribution < -0.4 is 4.72 Å². The number of nitrogens with one attached hydrogen (secondary N) is 1. The Morgan fingerprint density at radius 3 is 2.52 bits per heavy atom. The van der Waals surface area contributed by atoms with E-state index in [1.54, 1.807) is 16.7 Å². The summed E-state index contributed by atoms with van der Waals surface area (Å²) in [6.07, 6.45) is 1.53. The van der Waals surface area contributed by atoms with Gasteiger partial charge < -0.3 is 9.67 Å². The van der Waals surface area contributed by atoms with Crippen LogP contribution in [0.4, 0.5) is 5.69 Å². The van der Waals surface area contributed by atoms with E-state index in [-0.39, 0.29) is 11.5 Å². The maximum atomic E-state index is 12.4. The lowest BCUT2D eigenvalue weighted by Gasteiger charge is -2.08. The quantitative estimate of drug-likeness (QED) is 0.847. The molecule has 0 atom stereocenters. The first-order valence-corrected chi connectivity index (χ1v) is 8.73. The number of aryl methyl sites for hydroxylation is 2. The van der Waals surface area contributed by atoms with Crippen molar-refractivity contribution in [3.63, 3.8) is 0 Å². The third-order valence-corrected chi connectivity index (χ3v) is 4.87. The van der Waals surface area contributed by atoms with Crippen molar-refractivity contribution in [2.75, 3.05) is 4.72 Å². The van der Waals surface area contributed by atoms with Gasteiger partial charge in [-0.25, -0.2) is 8.42 Å². The van der Waals surface area contributed by atoms with E-state index in [9.17, 15) is 13.5 Å². The first-order chi connectivity index (χ1) is 9.85. The number of aliphatic hydroxyl groups is 1. The zero-order valence-electron chi connectivity index (χ0n) is 11.8. The third-order valence-electron chi connectivity index (χ3n) is 3.07. The van der Waals surface area contributed by atoms with Crippen LogP contribution in [0.3, 0.4) is 0 Å². The van der Waals surface area contributed by atoms with Crippen molar-refractivity contribution in [3.05, 3.63) is 46.2 Å². The number of halogens is 1. The molecule has 0 bridgehead atoms. The fourth-order valence-corrected chi connectivity index (χ4v) is 3.82. The van der Waals surface area contributed by atoms with Gasteiger partial charge in [0.25, 0.3) is 10.0 Å². The predicted octanol–water partition coefficient (Wildman–Crippen LogP) is 2.87. The first-order valence-electron chi connectivity index (χ1n) is 6.45. The molecule has 0 aliphatic carbocycles. The van der Waals surface area contributed by atoms with Crippen molar-refractivity contribution in [3.8, 4) is 0 Å². The molecule has 0 aliphatic heterocycles. The molecule has 0 spiro atoms. The van der Waals surface area contributed by atoms with Crippen molar-refractivity contribution in [2.24, 2.45) is 0 Å². The number of aliphatic hydroxyl groups excluding tert-OH is 1. The van der Waals surface area contributed by atoms with Crippen molar-refractivity contribution >= 4 is 31.6 Å². The molecule has 2 rings (SSSR count). The van der Waals surface area contributed by atoms with E-state index in [2.05, 4.69) is 20.7 Å². The predicted molar refractivity (Wildman–Crippen MR) is 85.7 cm³/mol. The molecule has 114 valence electrons. The Hall–Kier alpha value is -1.31. The van der Waals surface area contributed by atoms with Crippen LogP contribution in [0.15, 0.2) is 39.8 Å². The summed E-state index contributed by atoms with van der Waals surface area (Å²) >= 11 is 3.34. The standard InChI is InChI=1S/C14H17BrN2O3S/c1-3-17-8-14(7-13(17)9-18)21(19,20)16-12-5-10(2)4-11(15)6-12/h4-8,16,18H,3,9H2,1-2H3. The number of nitrogens with zero attached hydrogens (tertiary/aromatic N) is 1. The SMILES string of the molecule is CCn1cc(S(=O)(=O)Nc2cc(C)cc(Br)c2)cc1CO. The molecule has 7 heteroatoms. The number of hydrogen-bond acceptors (Lipinski definition) is 3. The lowest BCUT2D eigenvalue weighted by atomic mass is 10.2. The van der Waals surface area contributed by atoms with Crippen molar-refractivity contribution in [1.82, 2.24) is 4.57 Å². The van der Waals surface area contributed by atoms with Crippen LogP contribution in [0.5, 0.6) is 0 Å². The summed E-state index contributed by atoms with van der Waals surface area (Å²) in [6, 6.07) is 6.84. The molecule has 0 saturated carbocycles. The molecule has 0 amide bonds. The van der Waals surface area contributed by atoms with E-state index in [0.29, 0.717) is 17.9 Å². The molecule has 21 heavy (non-hydrogen) atoms. The third kappa shape index (κ3) is 3.66. The smallest absolute Gasteiger partial charge is 0.263 e. The zero-order valence-corrected chi connectivity index (χ0v) is 14.2. The Bertz CT molecular complexity index is 712. The molecule has 0 aliphatic rings. The van der Waals surface area contributed by atoms with Crippen LogP contribution in [0.1, 0.15) is 18.2 Å². The van der Waals surface area contributed by atoms with E-state index < -0.39 is 10.0 Å². The Balaban J connectivity index is 2.35. The van der Waals surface area contributed by atoms with Gasteiger partial charge in [-0.05, 0) is 43.7 Å². The second kappa shape index (κ2) is 6.21. The normalized spacial score (nSPS) is 11.6.